The highest BCUT2D eigenvalue weighted by Gasteiger charge is 2.58. The molecule has 0 aromatic heterocycles. The van der Waals surface area contributed by atoms with Gasteiger partial charge in [0.25, 0.3) is 0 Å². The fourth-order valence-corrected chi connectivity index (χ4v) is 2.98. The van der Waals surface area contributed by atoms with Crippen LogP contribution in [-0.4, -0.2) is 109 Å². The van der Waals surface area contributed by atoms with Crippen molar-refractivity contribution in [1.82, 2.24) is 0 Å². The lowest BCUT2D eigenvalue weighted by molar-refractivity contribution is -0.380. The Morgan fingerprint density at radius 1 is 1.04 bits per heavy atom. The molecule has 2 heterocycles. The molecule has 0 amide bonds. The molecule has 2 rings (SSSR count). The van der Waals surface area contributed by atoms with Crippen LogP contribution >= 0.6 is 0 Å². The van der Waals surface area contributed by atoms with Crippen LogP contribution in [0.15, 0.2) is 11.8 Å². The van der Waals surface area contributed by atoms with E-state index in [1.165, 1.54) is 6.08 Å². The average Bonchev–Trinajstić information content (AvgIpc) is 2.87. The van der Waals surface area contributed by atoms with Crippen molar-refractivity contribution in [2.75, 3.05) is 13.2 Å². The number of aliphatic hydroxyl groups excluding tert-OH is 8. The molecule has 0 bridgehead atoms. The largest absolute Gasteiger partial charge is 0.510 e. The molecule has 26 heavy (non-hydrogen) atoms. The Kier molecular flexibility index (Phi) is 6.96. The van der Waals surface area contributed by atoms with Crippen molar-refractivity contribution in [2.24, 2.45) is 0 Å². The van der Waals surface area contributed by atoms with Crippen molar-refractivity contribution < 1.29 is 55.1 Å². The lowest BCUT2D eigenvalue weighted by atomic mass is 9.97. The van der Waals surface area contributed by atoms with Gasteiger partial charge in [-0.3, -0.25) is 0 Å². The van der Waals surface area contributed by atoms with Crippen LogP contribution < -0.4 is 0 Å². The molecule has 2 aliphatic rings. The van der Waals surface area contributed by atoms with E-state index in [9.17, 15) is 35.7 Å². The second-order valence-corrected chi connectivity index (χ2v) is 6.30. The van der Waals surface area contributed by atoms with E-state index in [4.69, 9.17) is 19.3 Å². The summed E-state index contributed by atoms with van der Waals surface area (Å²) >= 11 is 0. The normalized spacial score (nSPS) is 47.3. The summed E-state index contributed by atoms with van der Waals surface area (Å²) in [4.78, 5) is 0. The van der Waals surface area contributed by atoms with Crippen LogP contribution in [0.25, 0.3) is 0 Å². The third kappa shape index (κ3) is 3.73. The van der Waals surface area contributed by atoms with Crippen LogP contribution in [-0.2, 0) is 14.2 Å². The fourth-order valence-electron chi connectivity index (χ4n) is 2.98. The summed E-state index contributed by atoms with van der Waals surface area (Å²) in [5.41, 5.74) is 0. The molecule has 2 aliphatic heterocycles. The lowest BCUT2D eigenvalue weighted by Gasteiger charge is -2.43. The number of ether oxygens (including phenoxy) is 3. The first-order chi connectivity index (χ1) is 12.2. The molecule has 2 fully saturated rings. The minimum absolute atomic E-state index is 0.398. The van der Waals surface area contributed by atoms with E-state index in [-0.39, 0.29) is 0 Å². The van der Waals surface area contributed by atoms with Crippen LogP contribution in [0.5, 0.6) is 0 Å². The molecule has 0 aliphatic carbocycles. The zero-order valence-electron chi connectivity index (χ0n) is 14.1. The number of rotatable bonds is 6. The average molecular weight is 382 g/mol. The fraction of sp³-hybridized carbons (Fsp3) is 0.867. The molecule has 0 saturated carbocycles. The molecule has 8 N–H and O–H groups in total. The van der Waals surface area contributed by atoms with E-state index in [2.05, 4.69) is 0 Å². The van der Waals surface area contributed by atoms with Gasteiger partial charge in [-0.15, -0.1) is 0 Å². The summed E-state index contributed by atoms with van der Waals surface area (Å²) in [6.45, 7) is 0.0559. The number of hydrogen-bond acceptors (Lipinski definition) is 11. The minimum atomic E-state index is -2.25. The van der Waals surface area contributed by atoms with Crippen molar-refractivity contribution in [2.45, 2.75) is 68.1 Å². The molecule has 2 saturated heterocycles. The molecule has 11 heteroatoms. The molecule has 0 spiro atoms. The maximum absolute atomic E-state index is 10.1. The van der Waals surface area contributed by atoms with E-state index in [1.54, 1.807) is 6.92 Å². The molecule has 0 aromatic rings. The van der Waals surface area contributed by atoms with Crippen molar-refractivity contribution in [1.29, 1.82) is 0 Å². The maximum atomic E-state index is 10.1. The summed E-state index contributed by atoms with van der Waals surface area (Å²) < 4.78 is 15.8. The summed E-state index contributed by atoms with van der Waals surface area (Å²) in [6.07, 6.45) is -11.4. The Balaban J connectivity index is 2.24. The quantitative estimate of drug-likeness (QED) is 0.212. The molecular weight excluding hydrogens is 356 g/mol. The van der Waals surface area contributed by atoms with E-state index < -0.39 is 73.8 Å². The lowest BCUT2D eigenvalue weighted by Crippen LogP contribution is -2.62. The van der Waals surface area contributed by atoms with Crippen molar-refractivity contribution in [3.8, 4) is 0 Å². The summed E-state index contributed by atoms with van der Waals surface area (Å²) in [6, 6.07) is 0. The first-order valence-electron chi connectivity index (χ1n) is 8.24. The second kappa shape index (κ2) is 8.44. The third-order valence-corrected chi connectivity index (χ3v) is 4.50. The SMILES string of the molecule is CC/C=C(\O)[C@H]1O[C@H](OC2(CO)O[C@H](CO)[C@@H](O)[C@@H]2O)[C@H](O)[C@@H](O)[C@@H]1O. The van der Waals surface area contributed by atoms with Gasteiger partial charge in [-0.05, 0) is 12.5 Å². The Morgan fingerprint density at radius 3 is 2.19 bits per heavy atom. The zero-order valence-corrected chi connectivity index (χ0v) is 14.1. The smallest absolute Gasteiger partial charge is 0.224 e. The standard InChI is InChI=1S/C15H26O11/c1-2-3-6(18)12-10(21)9(20)11(22)14(24-12)26-15(5-17)13(23)8(19)7(4-16)25-15/h3,7-14,16-23H,2,4-5H2,1H3/b6-3-/t7-,8-,9+,10+,11-,12-,13+,14-,15?/m1/s1. The summed E-state index contributed by atoms with van der Waals surface area (Å²) in [7, 11) is 0. The maximum Gasteiger partial charge on any atom is 0.224 e. The Labute approximate surface area is 149 Å². The van der Waals surface area contributed by atoms with Crippen LogP contribution in [0.2, 0.25) is 0 Å². The topological polar surface area (TPSA) is 190 Å². The Morgan fingerprint density at radius 2 is 1.69 bits per heavy atom. The summed E-state index contributed by atoms with van der Waals surface area (Å²) in [5.74, 6) is -2.66. The van der Waals surface area contributed by atoms with Crippen LogP contribution in [0.1, 0.15) is 13.3 Å². The van der Waals surface area contributed by atoms with Gasteiger partial charge in [0, 0.05) is 0 Å². The summed E-state index contributed by atoms with van der Waals surface area (Å²) in [5, 5.41) is 78.8. The molecule has 0 aromatic carbocycles. The van der Waals surface area contributed by atoms with Gasteiger partial charge in [0.15, 0.2) is 6.29 Å². The molecule has 1 unspecified atom stereocenters. The number of hydrogen-bond donors (Lipinski definition) is 8. The van der Waals surface area contributed by atoms with Gasteiger partial charge in [0.1, 0.15) is 55.1 Å². The van der Waals surface area contributed by atoms with Gasteiger partial charge in [-0.25, -0.2) is 0 Å². The molecule has 0 radical (unpaired) electrons. The van der Waals surface area contributed by atoms with Crippen molar-refractivity contribution in [3.63, 3.8) is 0 Å². The second-order valence-electron chi connectivity index (χ2n) is 6.30. The van der Waals surface area contributed by atoms with Gasteiger partial charge in [0.05, 0.1) is 6.61 Å². The van der Waals surface area contributed by atoms with Crippen LogP contribution in [0.3, 0.4) is 0 Å². The Hall–Kier alpha value is -0.860. The van der Waals surface area contributed by atoms with Gasteiger partial charge >= 0.3 is 0 Å². The van der Waals surface area contributed by atoms with E-state index >= 15 is 0 Å². The number of allylic oxidation sites excluding steroid dienone is 1. The van der Waals surface area contributed by atoms with Gasteiger partial charge in [0.2, 0.25) is 5.79 Å². The third-order valence-electron chi connectivity index (χ3n) is 4.50. The zero-order chi connectivity index (χ0) is 19.6. The highest BCUT2D eigenvalue weighted by Crippen LogP contribution is 2.36. The van der Waals surface area contributed by atoms with E-state index in [0.29, 0.717) is 6.42 Å². The monoisotopic (exact) mass is 382 g/mol. The molecule has 152 valence electrons. The van der Waals surface area contributed by atoms with Crippen LogP contribution in [0, 0.1) is 0 Å². The molecule has 9 atom stereocenters. The number of aliphatic hydroxyl groups is 8. The van der Waals surface area contributed by atoms with Crippen molar-refractivity contribution >= 4 is 0 Å². The van der Waals surface area contributed by atoms with Gasteiger partial charge < -0.3 is 55.1 Å². The highest BCUT2D eigenvalue weighted by atomic mass is 16.8. The van der Waals surface area contributed by atoms with Crippen molar-refractivity contribution in [3.05, 3.63) is 11.8 Å². The predicted octanol–water partition coefficient (Wildman–Crippen LogP) is -3.54. The Bertz CT molecular complexity index is 500. The van der Waals surface area contributed by atoms with Gasteiger partial charge in [-0.1, -0.05) is 6.92 Å². The molecule has 11 nitrogen and oxygen atoms in total. The first kappa shape index (κ1) is 21.4. The highest BCUT2D eigenvalue weighted by molar-refractivity contribution is 5.07. The van der Waals surface area contributed by atoms with E-state index in [1.807, 2.05) is 0 Å². The minimum Gasteiger partial charge on any atom is -0.510 e. The predicted molar refractivity (Wildman–Crippen MR) is 82.6 cm³/mol. The molecular formula is C15H26O11. The van der Waals surface area contributed by atoms with E-state index in [0.717, 1.165) is 0 Å². The first-order valence-corrected chi connectivity index (χ1v) is 8.24. The van der Waals surface area contributed by atoms with Crippen LogP contribution in [0.4, 0.5) is 0 Å². The van der Waals surface area contributed by atoms with Gasteiger partial charge in [-0.2, -0.15) is 0 Å².